The number of benzene rings is 2. The molecular formula is C20H19FN4O2. The smallest absolute Gasteiger partial charge is 0.272 e. The molecule has 0 fully saturated rings. The first-order valence-corrected chi connectivity index (χ1v) is 8.37. The summed E-state index contributed by atoms with van der Waals surface area (Å²) in [6.45, 7) is 0.868. The number of hydrogen-bond donors (Lipinski definition) is 2. The summed E-state index contributed by atoms with van der Waals surface area (Å²) in [4.78, 5) is 12.1. The lowest BCUT2D eigenvalue weighted by molar-refractivity contribution is 0.0945. The van der Waals surface area contributed by atoms with E-state index in [-0.39, 0.29) is 24.0 Å². The molecule has 6 nitrogen and oxygen atoms in total. The summed E-state index contributed by atoms with van der Waals surface area (Å²) in [5, 5.41) is 13.8. The maximum absolute atomic E-state index is 12.9. The maximum atomic E-state index is 12.9. The second-order valence-electron chi connectivity index (χ2n) is 5.81. The molecule has 2 aromatic carbocycles. The van der Waals surface area contributed by atoms with E-state index in [1.54, 1.807) is 31.4 Å². The Morgan fingerprint density at radius 2 is 1.59 bits per heavy atom. The fourth-order valence-corrected chi connectivity index (χ4v) is 2.36. The summed E-state index contributed by atoms with van der Waals surface area (Å²) in [6.07, 6.45) is 0. The van der Waals surface area contributed by atoms with Gasteiger partial charge in [-0.3, -0.25) is 4.79 Å². The fourth-order valence-electron chi connectivity index (χ4n) is 2.36. The van der Waals surface area contributed by atoms with E-state index in [1.807, 2.05) is 24.3 Å². The number of methoxy groups -OCH3 is 1. The number of amides is 1. The van der Waals surface area contributed by atoms with Crippen molar-refractivity contribution in [2.45, 2.75) is 13.1 Å². The lowest BCUT2D eigenvalue weighted by Crippen LogP contribution is -2.24. The van der Waals surface area contributed by atoms with Gasteiger partial charge in [0, 0.05) is 13.1 Å². The standard InChI is InChI=1S/C20H19FN4O2/c1-27-17-8-4-15(5-9-17)12-22-19-11-10-18(24-25-19)20(26)23-13-14-2-6-16(21)7-3-14/h2-11H,12-13H2,1H3,(H,22,25)(H,23,26). The van der Waals surface area contributed by atoms with Crippen molar-refractivity contribution in [2.24, 2.45) is 0 Å². The molecule has 1 aromatic heterocycles. The number of anilines is 1. The van der Waals surface area contributed by atoms with Gasteiger partial charge in [-0.25, -0.2) is 4.39 Å². The van der Waals surface area contributed by atoms with Crippen molar-refractivity contribution in [1.82, 2.24) is 15.5 Å². The molecule has 3 rings (SSSR count). The van der Waals surface area contributed by atoms with Crippen LogP contribution in [-0.4, -0.2) is 23.2 Å². The van der Waals surface area contributed by atoms with E-state index in [9.17, 15) is 9.18 Å². The van der Waals surface area contributed by atoms with Gasteiger partial charge in [0.15, 0.2) is 5.69 Å². The number of rotatable bonds is 7. The topological polar surface area (TPSA) is 76.1 Å². The molecule has 0 bridgehead atoms. The minimum Gasteiger partial charge on any atom is -0.497 e. The number of nitrogens with one attached hydrogen (secondary N) is 2. The molecule has 0 radical (unpaired) electrons. The largest absolute Gasteiger partial charge is 0.497 e. The van der Waals surface area contributed by atoms with Gasteiger partial charge in [0.05, 0.1) is 7.11 Å². The molecule has 1 heterocycles. The highest BCUT2D eigenvalue weighted by Crippen LogP contribution is 2.12. The molecule has 0 atom stereocenters. The number of carbonyl (C=O) groups is 1. The number of aromatic nitrogens is 2. The molecule has 0 aliphatic carbocycles. The Kier molecular flexibility index (Phi) is 5.94. The zero-order valence-corrected chi connectivity index (χ0v) is 14.8. The number of ether oxygens (including phenoxy) is 1. The Balaban J connectivity index is 1.51. The van der Waals surface area contributed by atoms with E-state index < -0.39 is 0 Å². The van der Waals surface area contributed by atoms with Crippen molar-refractivity contribution in [3.63, 3.8) is 0 Å². The first-order chi connectivity index (χ1) is 13.1. The number of nitrogens with zero attached hydrogens (tertiary/aromatic N) is 2. The molecule has 27 heavy (non-hydrogen) atoms. The third-order valence-corrected chi connectivity index (χ3v) is 3.90. The average molecular weight is 366 g/mol. The Labute approximate surface area is 156 Å². The van der Waals surface area contributed by atoms with E-state index in [2.05, 4.69) is 20.8 Å². The first-order valence-electron chi connectivity index (χ1n) is 8.37. The molecule has 3 aromatic rings. The Morgan fingerprint density at radius 3 is 2.22 bits per heavy atom. The summed E-state index contributed by atoms with van der Waals surface area (Å²) < 4.78 is 18.0. The normalized spacial score (nSPS) is 10.3. The monoisotopic (exact) mass is 366 g/mol. The molecule has 138 valence electrons. The van der Waals surface area contributed by atoms with Gasteiger partial charge in [-0.2, -0.15) is 0 Å². The van der Waals surface area contributed by atoms with Gasteiger partial charge in [0.25, 0.3) is 5.91 Å². The highest BCUT2D eigenvalue weighted by atomic mass is 19.1. The van der Waals surface area contributed by atoms with Crippen LogP contribution in [0, 0.1) is 5.82 Å². The second kappa shape index (κ2) is 8.75. The van der Waals surface area contributed by atoms with Crippen LogP contribution in [0.4, 0.5) is 10.2 Å². The summed E-state index contributed by atoms with van der Waals surface area (Å²) in [5.41, 5.74) is 2.08. The van der Waals surface area contributed by atoms with Gasteiger partial charge in [-0.1, -0.05) is 24.3 Å². The molecule has 0 unspecified atom stereocenters. The van der Waals surface area contributed by atoms with Crippen LogP contribution < -0.4 is 15.4 Å². The zero-order valence-electron chi connectivity index (χ0n) is 14.8. The molecule has 0 saturated carbocycles. The summed E-state index contributed by atoms with van der Waals surface area (Å²) >= 11 is 0. The molecule has 0 spiro atoms. The lowest BCUT2D eigenvalue weighted by atomic mass is 10.2. The third kappa shape index (κ3) is 5.24. The molecular weight excluding hydrogens is 347 g/mol. The van der Waals surface area contributed by atoms with Crippen LogP contribution in [0.2, 0.25) is 0 Å². The van der Waals surface area contributed by atoms with E-state index in [0.29, 0.717) is 12.4 Å². The molecule has 0 saturated heterocycles. The zero-order chi connectivity index (χ0) is 19.1. The van der Waals surface area contributed by atoms with Gasteiger partial charge in [-0.15, -0.1) is 10.2 Å². The fraction of sp³-hybridized carbons (Fsp3) is 0.150. The van der Waals surface area contributed by atoms with Crippen molar-refractivity contribution in [3.05, 3.63) is 83.3 Å². The summed E-state index contributed by atoms with van der Waals surface area (Å²) in [7, 11) is 1.63. The lowest BCUT2D eigenvalue weighted by Gasteiger charge is -2.07. The van der Waals surface area contributed by atoms with Crippen LogP contribution in [0.3, 0.4) is 0 Å². The van der Waals surface area contributed by atoms with Crippen molar-refractivity contribution >= 4 is 11.7 Å². The molecule has 0 aliphatic rings. The van der Waals surface area contributed by atoms with Gasteiger partial charge in [0.1, 0.15) is 17.4 Å². The van der Waals surface area contributed by atoms with E-state index in [4.69, 9.17) is 4.74 Å². The van der Waals surface area contributed by atoms with Crippen LogP contribution in [0.25, 0.3) is 0 Å². The minimum atomic E-state index is -0.339. The van der Waals surface area contributed by atoms with Crippen molar-refractivity contribution in [1.29, 1.82) is 0 Å². The van der Waals surface area contributed by atoms with Crippen LogP contribution in [0.1, 0.15) is 21.6 Å². The quantitative estimate of drug-likeness (QED) is 0.672. The summed E-state index contributed by atoms with van der Waals surface area (Å²) in [6, 6.07) is 16.9. The third-order valence-electron chi connectivity index (χ3n) is 3.90. The molecule has 2 N–H and O–H groups in total. The van der Waals surface area contributed by atoms with E-state index >= 15 is 0 Å². The molecule has 1 amide bonds. The molecule has 0 aliphatic heterocycles. The predicted octanol–water partition coefficient (Wildman–Crippen LogP) is 3.17. The van der Waals surface area contributed by atoms with Gasteiger partial charge < -0.3 is 15.4 Å². The van der Waals surface area contributed by atoms with Crippen LogP contribution in [-0.2, 0) is 13.1 Å². The van der Waals surface area contributed by atoms with Crippen LogP contribution in [0.5, 0.6) is 5.75 Å². The van der Waals surface area contributed by atoms with E-state index in [1.165, 1.54) is 12.1 Å². The van der Waals surface area contributed by atoms with Crippen molar-refractivity contribution < 1.29 is 13.9 Å². The molecule has 7 heteroatoms. The SMILES string of the molecule is COc1ccc(CNc2ccc(C(=O)NCc3ccc(F)cc3)nn2)cc1. The minimum absolute atomic E-state index is 0.215. The average Bonchev–Trinajstić information content (AvgIpc) is 2.72. The van der Waals surface area contributed by atoms with E-state index in [0.717, 1.165) is 16.9 Å². The Hall–Kier alpha value is -3.48. The van der Waals surface area contributed by atoms with Gasteiger partial charge in [0.2, 0.25) is 0 Å². The number of hydrogen-bond acceptors (Lipinski definition) is 5. The predicted molar refractivity (Wildman–Crippen MR) is 99.9 cm³/mol. The maximum Gasteiger partial charge on any atom is 0.272 e. The van der Waals surface area contributed by atoms with Gasteiger partial charge in [-0.05, 0) is 47.5 Å². The van der Waals surface area contributed by atoms with Gasteiger partial charge >= 0.3 is 0 Å². The number of carbonyl (C=O) groups excluding carboxylic acids is 1. The van der Waals surface area contributed by atoms with Crippen LogP contribution >= 0.6 is 0 Å². The Morgan fingerprint density at radius 1 is 0.926 bits per heavy atom. The second-order valence-corrected chi connectivity index (χ2v) is 5.81. The first kappa shape index (κ1) is 18.3. The summed E-state index contributed by atoms with van der Waals surface area (Å²) in [5.74, 6) is 0.720. The highest BCUT2D eigenvalue weighted by Gasteiger charge is 2.08. The van der Waals surface area contributed by atoms with Crippen molar-refractivity contribution in [3.8, 4) is 5.75 Å². The Bertz CT molecular complexity index is 881. The number of halogens is 1. The van der Waals surface area contributed by atoms with Crippen LogP contribution in [0.15, 0.2) is 60.7 Å². The highest BCUT2D eigenvalue weighted by molar-refractivity contribution is 5.92. The van der Waals surface area contributed by atoms with Crippen molar-refractivity contribution in [2.75, 3.05) is 12.4 Å².